The molecule has 234 valence electrons. The normalized spacial score (nSPS) is 12.0. The van der Waals surface area contributed by atoms with E-state index in [1.807, 2.05) is 0 Å². The molecule has 0 amide bonds. The molecule has 0 saturated heterocycles. The molecule has 1 unspecified atom stereocenters. The van der Waals surface area contributed by atoms with Crippen LogP contribution >= 0.6 is 0 Å². The molecule has 4 aromatic rings. The summed E-state index contributed by atoms with van der Waals surface area (Å²) in [4.78, 5) is 33.5. The summed E-state index contributed by atoms with van der Waals surface area (Å²) >= 11 is 0. The highest BCUT2D eigenvalue weighted by Crippen LogP contribution is 2.54. The second kappa shape index (κ2) is 12.3. The van der Waals surface area contributed by atoms with Gasteiger partial charge in [0.15, 0.2) is 35.6 Å². The molecule has 0 aliphatic carbocycles. The van der Waals surface area contributed by atoms with E-state index in [0.29, 0.717) is 45.6 Å². The standard InChI is InChI=1S/C30H30O8.C3H6O3/c1-11(2)19-15-7-13(5)21(27(35)23(15)17(9-31)25(33)29(19)37)22-14(6)8-16-20(12(3)4)30(38)26(34)18(10-32)24(16)28(22)36;1-2(4)3(5)6/h7-12,33-38H,1-6H3;2,4H,1H3,(H,5,6). The number of aldehydes is 2. The first-order chi connectivity index (χ1) is 20.4. The van der Waals surface area contributed by atoms with E-state index in [0.717, 1.165) is 0 Å². The summed E-state index contributed by atoms with van der Waals surface area (Å²) in [6.45, 7) is 11.7. The number of aliphatic carboxylic acids is 1. The van der Waals surface area contributed by atoms with Crippen LogP contribution in [0.5, 0.6) is 34.5 Å². The van der Waals surface area contributed by atoms with Gasteiger partial charge in [-0.1, -0.05) is 39.8 Å². The van der Waals surface area contributed by atoms with Crippen LogP contribution in [0, 0.1) is 13.8 Å². The van der Waals surface area contributed by atoms with Gasteiger partial charge in [0, 0.05) is 33.0 Å². The van der Waals surface area contributed by atoms with Crippen molar-refractivity contribution in [2.75, 3.05) is 0 Å². The quantitative estimate of drug-likeness (QED) is 0.0962. The highest BCUT2D eigenvalue weighted by molar-refractivity contribution is 6.14. The fourth-order valence-corrected chi connectivity index (χ4v) is 5.60. The van der Waals surface area contributed by atoms with Crippen molar-refractivity contribution in [1.29, 1.82) is 0 Å². The van der Waals surface area contributed by atoms with Gasteiger partial charge in [0.05, 0.1) is 11.1 Å². The molecule has 0 heterocycles. The number of carboxylic acid groups (broad SMARTS) is 1. The Labute approximate surface area is 252 Å². The molecule has 0 aromatic heterocycles. The van der Waals surface area contributed by atoms with Gasteiger partial charge in [-0.2, -0.15) is 0 Å². The Morgan fingerprint density at radius 2 is 0.909 bits per heavy atom. The molecule has 0 spiro atoms. The number of fused-ring (bicyclic) bond motifs is 2. The molecule has 11 heteroatoms. The van der Waals surface area contributed by atoms with Gasteiger partial charge >= 0.3 is 5.97 Å². The van der Waals surface area contributed by atoms with E-state index in [-0.39, 0.29) is 44.9 Å². The summed E-state index contributed by atoms with van der Waals surface area (Å²) < 4.78 is 0. The zero-order chi connectivity index (χ0) is 33.5. The minimum atomic E-state index is -1.23. The van der Waals surface area contributed by atoms with Crippen LogP contribution in [-0.4, -0.2) is 65.5 Å². The third-order valence-corrected chi connectivity index (χ3v) is 7.58. The monoisotopic (exact) mass is 608 g/mol. The minimum absolute atomic E-state index is 0.00512. The second-order valence-corrected chi connectivity index (χ2v) is 11.3. The Bertz CT molecular complexity index is 1710. The van der Waals surface area contributed by atoms with Crippen LogP contribution in [0.4, 0.5) is 0 Å². The number of aryl methyl sites for hydroxylation is 2. The summed E-state index contributed by atoms with van der Waals surface area (Å²) in [5, 5.41) is 82.1. The van der Waals surface area contributed by atoms with E-state index >= 15 is 0 Å². The molecule has 4 rings (SSSR count). The topological polar surface area (TPSA) is 213 Å². The number of aliphatic hydroxyl groups excluding tert-OH is 1. The Kier molecular flexibility index (Phi) is 9.35. The molecule has 0 aliphatic heterocycles. The first-order valence-corrected chi connectivity index (χ1v) is 13.7. The number of carbonyl (C=O) groups is 3. The lowest BCUT2D eigenvalue weighted by atomic mass is 9.83. The predicted octanol–water partition coefficient (Wildman–Crippen LogP) is 5.83. The fraction of sp³-hybridized carbons (Fsp3) is 0.303. The van der Waals surface area contributed by atoms with E-state index in [9.17, 15) is 45.0 Å². The van der Waals surface area contributed by atoms with Crippen molar-refractivity contribution in [3.05, 3.63) is 45.5 Å². The van der Waals surface area contributed by atoms with Crippen LogP contribution in [0.15, 0.2) is 12.1 Å². The SMILES string of the molecule is CC(O)C(=O)O.Cc1cc2c(C(C)C)c(O)c(O)c(C=O)c2c(O)c1-c1c(C)cc2c(C(C)C)c(O)c(O)c(C=O)c2c1O. The maximum Gasteiger partial charge on any atom is 0.332 e. The van der Waals surface area contributed by atoms with Gasteiger partial charge in [-0.3, -0.25) is 9.59 Å². The molecule has 0 fully saturated rings. The molecule has 4 aromatic carbocycles. The lowest BCUT2D eigenvalue weighted by Crippen LogP contribution is -2.13. The van der Waals surface area contributed by atoms with E-state index < -0.39 is 46.6 Å². The fourth-order valence-electron chi connectivity index (χ4n) is 5.60. The van der Waals surface area contributed by atoms with Crippen LogP contribution in [0.2, 0.25) is 0 Å². The predicted molar refractivity (Wildman–Crippen MR) is 165 cm³/mol. The van der Waals surface area contributed by atoms with E-state index in [2.05, 4.69) is 0 Å². The smallest absolute Gasteiger partial charge is 0.332 e. The largest absolute Gasteiger partial charge is 0.507 e. The summed E-state index contributed by atoms with van der Waals surface area (Å²) in [6.07, 6.45) is -0.550. The second-order valence-electron chi connectivity index (χ2n) is 11.3. The molecule has 8 N–H and O–H groups in total. The number of aliphatic hydroxyl groups is 1. The molecule has 1 atom stereocenters. The van der Waals surface area contributed by atoms with Crippen molar-refractivity contribution >= 4 is 40.1 Å². The number of carboxylic acids is 1. The van der Waals surface area contributed by atoms with Gasteiger partial charge < -0.3 is 40.9 Å². The van der Waals surface area contributed by atoms with Crippen molar-refractivity contribution in [2.24, 2.45) is 0 Å². The number of carbonyl (C=O) groups excluding carboxylic acids is 2. The number of hydrogen-bond acceptors (Lipinski definition) is 10. The number of aromatic hydroxyl groups is 6. The van der Waals surface area contributed by atoms with E-state index in [1.165, 1.54) is 6.92 Å². The Hall–Kier alpha value is -5.03. The molecule has 0 aliphatic rings. The number of rotatable bonds is 6. The van der Waals surface area contributed by atoms with Crippen LogP contribution < -0.4 is 0 Å². The average molecular weight is 609 g/mol. The summed E-state index contributed by atoms with van der Waals surface area (Å²) in [5.41, 5.74) is 1.33. The molecule has 0 bridgehead atoms. The molecule has 0 saturated carbocycles. The molecular formula is C33H36O11. The Morgan fingerprint density at radius 1 is 0.614 bits per heavy atom. The van der Waals surface area contributed by atoms with Gasteiger partial charge in [-0.05, 0) is 54.5 Å². The zero-order valence-electron chi connectivity index (χ0n) is 25.3. The number of benzene rings is 4. The van der Waals surface area contributed by atoms with Crippen molar-refractivity contribution in [3.8, 4) is 45.6 Å². The molecule has 0 radical (unpaired) electrons. The third-order valence-electron chi connectivity index (χ3n) is 7.58. The molecular weight excluding hydrogens is 572 g/mol. The van der Waals surface area contributed by atoms with Crippen molar-refractivity contribution in [2.45, 2.75) is 66.4 Å². The van der Waals surface area contributed by atoms with E-state index in [4.69, 9.17) is 10.2 Å². The van der Waals surface area contributed by atoms with Crippen molar-refractivity contribution in [1.82, 2.24) is 0 Å². The molecule has 11 nitrogen and oxygen atoms in total. The first kappa shape index (κ1) is 33.5. The summed E-state index contributed by atoms with van der Waals surface area (Å²) in [6, 6.07) is 3.31. The van der Waals surface area contributed by atoms with Crippen molar-refractivity contribution in [3.63, 3.8) is 0 Å². The number of phenols is 6. The highest BCUT2D eigenvalue weighted by Gasteiger charge is 2.29. The average Bonchev–Trinajstić information content (AvgIpc) is 2.92. The maximum atomic E-state index is 12.0. The van der Waals surface area contributed by atoms with Crippen molar-refractivity contribution < 1.29 is 55.2 Å². The van der Waals surface area contributed by atoms with E-state index in [1.54, 1.807) is 53.7 Å². The lowest BCUT2D eigenvalue weighted by molar-refractivity contribution is -0.145. The first-order valence-electron chi connectivity index (χ1n) is 13.7. The number of hydrogen-bond donors (Lipinski definition) is 8. The zero-order valence-corrected chi connectivity index (χ0v) is 25.3. The van der Waals surface area contributed by atoms with Gasteiger partial charge in [0.1, 0.15) is 17.6 Å². The van der Waals surface area contributed by atoms with Gasteiger partial charge in [0.25, 0.3) is 0 Å². The van der Waals surface area contributed by atoms with Crippen LogP contribution in [0.1, 0.15) is 89.4 Å². The Morgan fingerprint density at radius 3 is 1.14 bits per heavy atom. The third kappa shape index (κ3) is 5.30. The van der Waals surface area contributed by atoms with Gasteiger partial charge in [-0.15, -0.1) is 0 Å². The minimum Gasteiger partial charge on any atom is -0.507 e. The van der Waals surface area contributed by atoms with Gasteiger partial charge in [0.2, 0.25) is 0 Å². The summed E-state index contributed by atoms with van der Waals surface area (Å²) in [5.74, 6) is -4.76. The number of phenolic OH excluding ortho intramolecular Hbond substituents is 6. The van der Waals surface area contributed by atoms with Gasteiger partial charge in [-0.25, -0.2) is 4.79 Å². The maximum absolute atomic E-state index is 12.0. The summed E-state index contributed by atoms with van der Waals surface area (Å²) in [7, 11) is 0. The Balaban J connectivity index is 0.000000801. The lowest BCUT2D eigenvalue weighted by Gasteiger charge is -2.23. The molecule has 44 heavy (non-hydrogen) atoms. The van der Waals surface area contributed by atoms with Crippen LogP contribution in [0.3, 0.4) is 0 Å². The van der Waals surface area contributed by atoms with Crippen LogP contribution in [0.25, 0.3) is 32.7 Å². The highest BCUT2D eigenvalue weighted by atomic mass is 16.4. The van der Waals surface area contributed by atoms with Crippen LogP contribution in [-0.2, 0) is 4.79 Å².